The number of amides is 1. The fraction of sp³-hybridized carbons (Fsp3) is 0.250. The van der Waals surface area contributed by atoms with Crippen LogP contribution < -0.4 is 5.32 Å². The quantitative estimate of drug-likeness (QED) is 0.771. The first kappa shape index (κ1) is 15.4. The molecule has 0 spiro atoms. The van der Waals surface area contributed by atoms with Gasteiger partial charge in [0.25, 0.3) is 0 Å². The molecule has 0 bridgehead atoms. The normalized spacial score (nSPS) is 11.4. The molecule has 0 radical (unpaired) electrons. The molecule has 6 nitrogen and oxygen atoms in total. The number of aromatic nitrogens is 4. The van der Waals surface area contributed by atoms with Crippen molar-refractivity contribution in [3.05, 3.63) is 48.2 Å². The number of aromatic amines is 1. The van der Waals surface area contributed by atoms with Crippen molar-refractivity contribution < 1.29 is 4.79 Å². The summed E-state index contributed by atoms with van der Waals surface area (Å²) in [7, 11) is 0. The van der Waals surface area contributed by atoms with Crippen LogP contribution in [0.4, 0.5) is 5.13 Å². The SMILES string of the molecule is Cc1cccc(-c2cnc(NC(=O)C(C)(C)c3ncn[nH]3)s2)c1. The van der Waals surface area contributed by atoms with Gasteiger partial charge < -0.3 is 5.32 Å². The Morgan fingerprint density at radius 3 is 2.83 bits per heavy atom. The Bertz CT molecular complexity index is 823. The largest absolute Gasteiger partial charge is 0.301 e. The van der Waals surface area contributed by atoms with Crippen molar-refractivity contribution in [1.82, 2.24) is 20.2 Å². The summed E-state index contributed by atoms with van der Waals surface area (Å²) in [6, 6.07) is 8.19. The van der Waals surface area contributed by atoms with E-state index in [9.17, 15) is 4.79 Å². The molecule has 3 rings (SSSR count). The minimum atomic E-state index is -0.814. The molecule has 0 saturated carbocycles. The molecule has 1 amide bonds. The predicted molar refractivity (Wildman–Crippen MR) is 90.3 cm³/mol. The number of hydrogen-bond donors (Lipinski definition) is 2. The molecule has 7 heteroatoms. The van der Waals surface area contributed by atoms with Gasteiger partial charge in [0, 0.05) is 6.20 Å². The molecule has 0 atom stereocenters. The van der Waals surface area contributed by atoms with Gasteiger partial charge in [0.15, 0.2) is 5.13 Å². The van der Waals surface area contributed by atoms with E-state index in [0.29, 0.717) is 11.0 Å². The maximum atomic E-state index is 12.5. The topological polar surface area (TPSA) is 83.6 Å². The van der Waals surface area contributed by atoms with Gasteiger partial charge in [-0.25, -0.2) is 9.97 Å². The van der Waals surface area contributed by atoms with Crippen LogP contribution in [0.1, 0.15) is 25.2 Å². The summed E-state index contributed by atoms with van der Waals surface area (Å²) < 4.78 is 0. The lowest BCUT2D eigenvalue weighted by Gasteiger charge is -2.19. The average Bonchev–Trinajstić information content (AvgIpc) is 3.19. The minimum Gasteiger partial charge on any atom is -0.301 e. The zero-order valence-electron chi connectivity index (χ0n) is 13.1. The number of carbonyl (C=O) groups excluding carboxylic acids is 1. The third-order valence-corrected chi connectivity index (χ3v) is 4.57. The summed E-state index contributed by atoms with van der Waals surface area (Å²) in [6.07, 6.45) is 3.17. The molecule has 2 heterocycles. The van der Waals surface area contributed by atoms with Crippen LogP contribution in [-0.2, 0) is 10.2 Å². The lowest BCUT2D eigenvalue weighted by Crippen LogP contribution is -2.35. The van der Waals surface area contributed by atoms with Crippen molar-refractivity contribution in [2.75, 3.05) is 5.32 Å². The standard InChI is InChI=1S/C16H17N5OS/c1-10-5-4-6-11(7-10)12-8-17-15(23-12)20-14(22)16(2,3)13-18-9-19-21-13/h4-9H,1-3H3,(H,17,20,22)(H,18,19,21). The number of anilines is 1. The van der Waals surface area contributed by atoms with E-state index in [-0.39, 0.29) is 5.91 Å². The Hall–Kier alpha value is -2.54. The van der Waals surface area contributed by atoms with Gasteiger partial charge in [-0.15, -0.1) is 0 Å². The lowest BCUT2D eigenvalue weighted by atomic mass is 9.91. The van der Waals surface area contributed by atoms with Gasteiger partial charge in [-0.05, 0) is 26.3 Å². The van der Waals surface area contributed by atoms with Gasteiger partial charge in [-0.1, -0.05) is 41.2 Å². The second-order valence-corrected chi connectivity index (χ2v) is 6.84. The highest BCUT2D eigenvalue weighted by atomic mass is 32.1. The van der Waals surface area contributed by atoms with Crippen LogP contribution in [-0.4, -0.2) is 26.1 Å². The van der Waals surface area contributed by atoms with Gasteiger partial charge in [-0.3, -0.25) is 9.89 Å². The molecule has 3 aromatic rings. The molecular formula is C16H17N5OS. The van der Waals surface area contributed by atoms with Gasteiger partial charge in [0.2, 0.25) is 5.91 Å². The number of aryl methyl sites for hydroxylation is 1. The van der Waals surface area contributed by atoms with Gasteiger partial charge in [-0.2, -0.15) is 5.10 Å². The molecule has 0 aliphatic heterocycles. The van der Waals surface area contributed by atoms with Crippen molar-refractivity contribution in [2.24, 2.45) is 0 Å². The van der Waals surface area contributed by atoms with Crippen LogP contribution in [0.5, 0.6) is 0 Å². The number of H-pyrrole nitrogens is 1. The lowest BCUT2D eigenvalue weighted by molar-refractivity contribution is -0.120. The van der Waals surface area contributed by atoms with E-state index >= 15 is 0 Å². The highest BCUT2D eigenvalue weighted by Gasteiger charge is 2.33. The van der Waals surface area contributed by atoms with E-state index < -0.39 is 5.41 Å². The minimum absolute atomic E-state index is 0.181. The Balaban J connectivity index is 1.78. The van der Waals surface area contributed by atoms with Gasteiger partial charge in [0.05, 0.1) is 4.88 Å². The highest BCUT2D eigenvalue weighted by Crippen LogP contribution is 2.30. The molecule has 1 aromatic carbocycles. The molecule has 23 heavy (non-hydrogen) atoms. The second kappa shape index (κ2) is 5.92. The van der Waals surface area contributed by atoms with Crippen LogP contribution in [0.15, 0.2) is 36.8 Å². The zero-order chi connectivity index (χ0) is 16.4. The molecule has 0 aliphatic carbocycles. The van der Waals surface area contributed by atoms with Crippen LogP contribution in [0, 0.1) is 6.92 Å². The van der Waals surface area contributed by atoms with E-state index in [4.69, 9.17) is 0 Å². The van der Waals surface area contributed by atoms with Crippen molar-refractivity contribution >= 4 is 22.4 Å². The maximum absolute atomic E-state index is 12.5. The molecule has 0 unspecified atom stereocenters. The van der Waals surface area contributed by atoms with Crippen molar-refractivity contribution in [2.45, 2.75) is 26.2 Å². The van der Waals surface area contributed by atoms with Crippen molar-refractivity contribution in [3.63, 3.8) is 0 Å². The summed E-state index contributed by atoms with van der Waals surface area (Å²) in [5.74, 6) is 0.338. The van der Waals surface area contributed by atoms with E-state index in [1.54, 1.807) is 20.0 Å². The molecule has 0 aliphatic rings. The fourth-order valence-electron chi connectivity index (χ4n) is 2.13. The third kappa shape index (κ3) is 3.14. The van der Waals surface area contributed by atoms with E-state index in [0.717, 1.165) is 10.4 Å². The Morgan fingerprint density at radius 1 is 1.30 bits per heavy atom. The maximum Gasteiger partial charge on any atom is 0.239 e. The third-order valence-electron chi connectivity index (χ3n) is 3.60. The molecule has 2 aromatic heterocycles. The number of thiazole rings is 1. The molecular weight excluding hydrogens is 310 g/mol. The van der Waals surface area contributed by atoms with Gasteiger partial charge >= 0.3 is 0 Å². The van der Waals surface area contributed by atoms with Crippen LogP contribution in [0.25, 0.3) is 10.4 Å². The molecule has 2 N–H and O–H groups in total. The Morgan fingerprint density at radius 2 is 2.13 bits per heavy atom. The monoisotopic (exact) mass is 327 g/mol. The van der Waals surface area contributed by atoms with Crippen molar-refractivity contribution in [3.8, 4) is 10.4 Å². The summed E-state index contributed by atoms with van der Waals surface area (Å²) in [5.41, 5.74) is 1.47. The van der Waals surface area contributed by atoms with E-state index in [1.807, 2.05) is 25.1 Å². The van der Waals surface area contributed by atoms with E-state index in [2.05, 4.69) is 31.5 Å². The number of carbonyl (C=O) groups is 1. The first-order chi connectivity index (χ1) is 11.0. The number of nitrogens with one attached hydrogen (secondary N) is 2. The second-order valence-electron chi connectivity index (χ2n) is 5.81. The molecule has 118 valence electrons. The summed E-state index contributed by atoms with van der Waals surface area (Å²) in [6.45, 7) is 5.63. The first-order valence-electron chi connectivity index (χ1n) is 7.17. The van der Waals surface area contributed by atoms with Crippen LogP contribution in [0.3, 0.4) is 0 Å². The zero-order valence-corrected chi connectivity index (χ0v) is 13.9. The number of nitrogens with zero attached hydrogens (tertiary/aromatic N) is 3. The fourth-order valence-corrected chi connectivity index (χ4v) is 2.94. The Labute approximate surface area is 138 Å². The number of benzene rings is 1. The Kier molecular flexibility index (Phi) is 3.96. The van der Waals surface area contributed by atoms with Crippen molar-refractivity contribution in [1.29, 1.82) is 0 Å². The summed E-state index contributed by atoms with van der Waals surface area (Å²) >= 11 is 1.45. The number of hydrogen-bond acceptors (Lipinski definition) is 5. The predicted octanol–water partition coefficient (Wildman–Crippen LogP) is 3.15. The smallest absolute Gasteiger partial charge is 0.239 e. The first-order valence-corrected chi connectivity index (χ1v) is 7.98. The van der Waals surface area contributed by atoms with Crippen LogP contribution in [0.2, 0.25) is 0 Å². The molecule has 0 fully saturated rings. The number of rotatable bonds is 4. The summed E-state index contributed by atoms with van der Waals surface area (Å²) in [5, 5.41) is 9.97. The summed E-state index contributed by atoms with van der Waals surface area (Å²) in [4.78, 5) is 21.9. The van der Waals surface area contributed by atoms with E-state index in [1.165, 1.54) is 23.2 Å². The highest BCUT2D eigenvalue weighted by molar-refractivity contribution is 7.19. The van der Waals surface area contributed by atoms with Crippen LogP contribution >= 0.6 is 11.3 Å². The van der Waals surface area contributed by atoms with Gasteiger partial charge in [0.1, 0.15) is 17.6 Å². The average molecular weight is 327 g/mol. The molecule has 0 saturated heterocycles.